The monoisotopic (exact) mass is 404 g/mol. The quantitative estimate of drug-likeness (QED) is 0.710. The van der Waals surface area contributed by atoms with Gasteiger partial charge in [-0.1, -0.05) is 30.3 Å². The van der Waals surface area contributed by atoms with Gasteiger partial charge in [0.15, 0.2) is 0 Å². The fourth-order valence-corrected chi connectivity index (χ4v) is 3.83. The van der Waals surface area contributed by atoms with Crippen LogP contribution in [0.2, 0.25) is 0 Å². The molecule has 0 bridgehead atoms. The first kappa shape index (κ1) is 20.3. The molecule has 2 aromatic carbocycles. The topological polar surface area (TPSA) is 61.6 Å². The predicted octanol–water partition coefficient (Wildman–Crippen LogP) is 2.91. The van der Waals surface area contributed by atoms with Crippen molar-refractivity contribution in [1.29, 1.82) is 0 Å². The molecule has 156 valence electrons. The van der Waals surface area contributed by atoms with E-state index in [1.807, 2.05) is 47.5 Å². The fourth-order valence-electron chi connectivity index (χ4n) is 3.83. The molecule has 4 rings (SSSR count). The van der Waals surface area contributed by atoms with Crippen molar-refractivity contribution in [3.63, 3.8) is 0 Å². The molecule has 0 atom stereocenters. The molecule has 1 fully saturated rings. The Morgan fingerprint density at radius 1 is 1.00 bits per heavy atom. The zero-order valence-corrected chi connectivity index (χ0v) is 17.6. The summed E-state index contributed by atoms with van der Waals surface area (Å²) in [5.41, 5.74) is 5.61. The van der Waals surface area contributed by atoms with Gasteiger partial charge in [0, 0.05) is 44.5 Å². The first-order valence-corrected chi connectivity index (χ1v) is 10.4. The Bertz CT molecular complexity index is 1020. The lowest BCUT2D eigenvalue weighted by molar-refractivity contribution is 0.0615. The number of rotatable bonds is 5. The van der Waals surface area contributed by atoms with E-state index in [2.05, 4.69) is 30.9 Å². The summed E-state index contributed by atoms with van der Waals surface area (Å²) < 4.78 is 1.79. The molecule has 1 saturated heterocycles. The normalized spacial score (nSPS) is 14.8. The number of amides is 1. The molecule has 0 unspecified atom stereocenters. The molecule has 0 saturated carbocycles. The van der Waals surface area contributed by atoms with Gasteiger partial charge in [0.25, 0.3) is 5.91 Å². The maximum Gasteiger partial charge on any atom is 0.257 e. The van der Waals surface area contributed by atoms with Gasteiger partial charge in [0.2, 0.25) is 0 Å². The van der Waals surface area contributed by atoms with E-state index in [0.717, 1.165) is 24.3 Å². The van der Waals surface area contributed by atoms with Gasteiger partial charge in [0.05, 0.1) is 17.9 Å². The Labute approximate surface area is 177 Å². The first-order chi connectivity index (χ1) is 14.6. The first-order valence-electron chi connectivity index (χ1n) is 10.4. The number of nitrogens with zero attached hydrogens (tertiary/aromatic N) is 4. The number of benzene rings is 2. The van der Waals surface area contributed by atoms with Crippen LogP contribution in [0.3, 0.4) is 0 Å². The van der Waals surface area contributed by atoms with Gasteiger partial charge in [-0.15, -0.1) is 0 Å². The van der Waals surface area contributed by atoms with E-state index in [4.69, 9.17) is 10.2 Å². The smallest absolute Gasteiger partial charge is 0.257 e. The minimum atomic E-state index is 0.00839. The largest absolute Gasteiger partial charge is 0.395 e. The van der Waals surface area contributed by atoms with Crippen LogP contribution < -0.4 is 0 Å². The second kappa shape index (κ2) is 8.81. The van der Waals surface area contributed by atoms with Crippen LogP contribution in [0.25, 0.3) is 16.9 Å². The lowest BCUT2D eigenvalue weighted by Crippen LogP contribution is -2.49. The van der Waals surface area contributed by atoms with Crippen molar-refractivity contribution in [1.82, 2.24) is 19.6 Å². The van der Waals surface area contributed by atoms with Crippen molar-refractivity contribution in [2.24, 2.45) is 0 Å². The number of piperazine rings is 1. The van der Waals surface area contributed by atoms with E-state index < -0.39 is 0 Å². The van der Waals surface area contributed by atoms with Gasteiger partial charge in [-0.3, -0.25) is 9.69 Å². The van der Waals surface area contributed by atoms with Crippen LogP contribution in [0, 0.1) is 13.8 Å². The van der Waals surface area contributed by atoms with E-state index in [1.54, 1.807) is 4.68 Å². The number of aliphatic hydroxyl groups is 1. The second-order valence-corrected chi connectivity index (χ2v) is 7.83. The molecule has 1 N–H and O–H groups in total. The molecule has 0 spiro atoms. The number of hydrogen-bond donors (Lipinski definition) is 1. The highest BCUT2D eigenvalue weighted by Gasteiger charge is 2.26. The van der Waals surface area contributed by atoms with E-state index in [-0.39, 0.29) is 12.5 Å². The van der Waals surface area contributed by atoms with Crippen LogP contribution in [0.4, 0.5) is 0 Å². The summed E-state index contributed by atoms with van der Waals surface area (Å²) in [6.07, 6.45) is 1.85. The molecule has 1 aliphatic rings. The van der Waals surface area contributed by atoms with Gasteiger partial charge in [-0.2, -0.15) is 5.10 Å². The van der Waals surface area contributed by atoms with Crippen molar-refractivity contribution < 1.29 is 9.90 Å². The van der Waals surface area contributed by atoms with E-state index in [9.17, 15) is 4.79 Å². The number of para-hydroxylation sites is 1. The van der Waals surface area contributed by atoms with Crippen molar-refractivity contribution in [3.8, 4) is 16.9 Å². The molecule has 6 nitrogen and oxygen atoms in total. The van der Waals surface area contributed by atoms with Gasteiger partial charge in [-0.25, -0.2) is 4.68 Å². The summed E-state index contributed by atoms with van der Waals surface area (Å²) in [6.45, 7) is 7.82. The van der Waals surface area contributed by atoms with Gasteiger partial charge >= 0.3 is 0 Å². The number of hydrogen-bond acceptors (Lipinski definition) is 4. The van der Waals surface area contributed by atoms with E-state index >= 15 is 0 Å². The minimum Gasteiger partial charge on any atom is -0.395 e. The van der Waals surface area contributed by atoms with Crippen molar-refractivity contribution in [3.05, 3.63) is 71.4 Å². The number of carbonyl (C=O) groups excluding carboxylic acids is 1. The van der Waals surface area contributed by atoms with Crippen LogP contribution in [0.15, 0.2) is 54.7 Å². The summed E-state index contributed by atoms with van der Waals surface area (Å²) in [5.74, 6) is 0.00839. The van der Waals surface area contributed by atoms with Crippen LogP contribution in [-0.4, -0.2) is 69.9 Å². The third-order valence-electron chi connectivity index (χ3n) is 5.82. The molecule has 0 aliphatic carbocycles. The van der Waals surface area contributed by atoms with Crippen LogP contribution in [0.5, 0.6) is 0 Å². The molecule has 30 heavy (non-hydrogen) atoms. The fraction of sp³-hybridized carbons (Fsp3) is 0.333. The zero-order chi connectivity index (χ0) is 21.1. The molecule has 1 amide bonds. The second-order valence-electron chi connectivity index (χ2n) is 7.83. The summed E-state index contributed by atoms with van der Waals surface area (Å²) in [6, 6.07) is 16.1. The van der Waals surface area contributed by atoms with E-state index in [1.165, 1.54) is 11.1 Å². The third kappa shape index (κ3) is 4.15. The molecule has 1 aliphatic heterocycles. The Balaban J connectivity index is 1.69. The predicted molar refractivity (Wildman–Crippen MR) is 118 cm³/mol. The average molecular weight is 405 g/mol. The molecule has 6 heteroatoms. The summed E-state index contributed by atoms with van der Waals surface area (Å²) in [5, 5.41) is 14.0. The highest BCUT2D eigenvalue weighted by atomic mass is 16.3. The number of carbonyl (C=O) groups is 1. The molecule has 3 aromatic rings. The number of aromatic nitrogens is 2. The molecular weight excluding hydrogens is 376 g/mol. The standard InChI is InChI=1S/C24H28N4O2/c1-18-8-9-20(16-19(18)2)23-22(17-28(25-23)21-6-4-3-5-7-21)24(30)27-12-10-26(11-13-27)14-15-29/h3-9,16-17,29H,10-15H2,1-2H3. The van der Waals surface area contributed by atoms with Gasteiger partial charge in [-0.05, 0) is 43.2 Å². The van der Waals surface area contributed by atoms with Crippen LogP contribution in [0.1, 0.15) is 21.5 Å². The summed E-state index contributed by atoms with van der Waals surface area (Å²) in [4.78, 5) is 17.5. The number of β-amino-alcohol motifs (C(OH)–C–C–N with tert-alkyl or cyclic N) is 1. The van der Waals surface area contributed by atoms with Crippen LogP contribution >= 0.6 is 0 Å². The third-order valence-corrected chi connectivity index (χ3v) is 5.82. The van der Waals surface area contributed by atoms with E-state index in [0.29, 0.717) is 30.9 Å². The SMILES string of the molecule is Cc1ccc(-c2nn(-c3ccccc3)cc2C(=O)N2CCN(CCO)CC2)cc1C. The van der Waals surface area contributed by atoms with Gasteiger partial charge in [0.1, 0.15) is 5.69 Å². The lowest BCUT2D eigenvalue weighted by atomic mass is 10.0. The molecule has 1 aromatic heterocycles. The maximum absolute atomic E-state index is 13.5. The maximum atomic E-state index is 13.5. The number of aryl methyl sites for hydroxylation is 2. The summed E-state index contributed by atoms with van der Waals surface area (Å²) in [7, 11) is 0. The van der Waals surface area contributed by atoms with Gasteiger partial charge < -0.3 is 10.0 Å². The van der Waals surface area contributed by atoms with Crippen molar-refractivity contribution in [2.45, 2.75) is 13.8 Å². The Morgan fingerprint density at radius 3 is 2.40 bits per heavy atom. The average Bonchev–Trinajstić information content (AvgIpc) is 3.22. The zero-order valence-electron chi connectivity index (χ0n) is 17.6. The van der Waals surface area contributed by atoms with Crippen molar-refractivity contribution >= 4 is 5.91 Å². The van der Waals surface area contributed by atoms with Crippen LogP contribution in [-0.2, 0) is 0 Å². The number of aliphatic hydroxyl groups excluding tert-OH is 1. The summed E-state index contributed by atoms with van der Waals surface area (Å²) >= 11 is 0. The minimum absolute atomic E-state index is 0.00839. The Kier molecular flexibility index (Phi) is 5.97. The van der Waals surface area contributed by atoms with Crippen molar-refractivity contribution in [2.75, 3.05) is 39.3 Å². The highest BCUT2D eigenvalue weighted by Crippen LogP contribution is 2.27. The molecule has 0 radical (unpaired) electrons. The lowest BCUT2D eigenvalue weighted by Gasteiger charge is -2.34. The Hall–Kier alpha value is -2.96. The Morgan fingerprint density at radius 2 is 1.73 bits per heavy atom. The highest BCUT2D eigenvalue weighted by molar-refractivity contribution is 6.00. The molecule has 2 heterocycles. The molecular formula is C24H28N4O2.